The first-order valence-corrected chi connectivity index (χ1v) is 12.5. The summed E-state index contributed by atoms with van der Waals surface area (Å²) in [4.78, 5) is 39.4. The van der Waals surface area contributed by atoms with Crippen LogP contribution in [0.15, 0.2) is 11.1 Å². The minimum absolute atomic E-state index is 0.0321. The number of nitrogens with one attached hydrogen (secondary N) is 1. The van der Waals surface area contributed by atoms with Gasteiger partial charge in [0.2, 0.25) is 0 Å². The number of aromatic amines is 1. The third-order valence-electron chi connectivity index (χ3n) is 3.57. The summed E-state index contributed by atoms with van der Waals surface area (Å²) >= 11 is 1.93. The summed E-state index contributed by atoms with van der Waals surface area (Å²) in [5, 5.41) is 10.1. The zero-order valence-corrected chi connectivity index (χ0v) is 16.7. The van der Waals surface area contributed by atoms with E-state index in [-0.39, 0.29) is 23.5 Å². The van der Waals surface area contributed by atoms with Gasteiger partial charge in [-0.2, -0.15) is 0 Å². The number of nitrogen functional groups attached to an aromatic ring is 1. The third kappa shape index (κ3) is 4.84. The number of phosphoric acid groups is 1. The molecule has 1 fully saturated rings. The summed E-state index contributed by atoms with van der Waals surface area (Å²) < 4.78 is 38.5. The standard InChI is InChI=1S/C10H14N5O9P2Se/c11-10-13-8-7(9(17)14-10)12-3-15(8)6-1-4(16)5(23-6)2-22-26(21,27)24-25(18,19)20/h3-6,16H,1-2H2,(H2,18,19,20)(H3,11,13,14,17)/t4-,5+,6+,26+/m0/s1. The average Bonchev–Trinajstić information content (AvgIpc) is 3.06. The van der Waals surface area contributed by atoms with Gasteiger partial charge in [-0.25, -0.2) is 0 Å². The van der Waals surface area contributed by atoms with Crippen molar-refractivity contribution in [3.05, 3.63) is 16.7 Å². The van der Waals surface area contributed by atoms with Gasteiger partial charge in [0.25, 0.3) is 0 Å². The zero-order valence-electron chi connectivity index (χ0n) is 13.2. The van der Waals surface area contributed by atoms with Crippen molar-refractivity contribution >= 4 is 46.8 Å². The number of aliphatic hydroxyl groups excluding tert-OH is 1. The van der Waals surface area contributed by atoms with Crippen LogP contribution in [0.3, 0.4) is 0 Å². The molecule has 17 heteroatoms. The molecule has 149 valence electrons. The monoisotopic (exact) mass is 490 g/mol. The molecule has 0 unspecified atom stereocenters. The van der Waals surface area contributed by atoms with Crippen molar-refractivity contribution in [2.45, 2.75) is 24.9 Å². The second-order valence-electron chi connectivity index (χ2n) is 5.52. The van der Waals surface area contributed by atoms with Crippen LogP contribution in [0.1, 0.15) is 12.6 Å². The minimum atomic E-state index is -5.04. The topological polar surface area (TPSA) is 212 Å². The van der Waals surface area contributed by atoms with Crippen LogP contribution in [0.5, 0.6) is 0 Å². The van der Waals surface area contributed by atoms with Crippen molar-refractivity contribution in [1.82, 2.24) is 19.5 Å². The molecule has 4 atom stereocenters. The van der Waals surface area contributed by atoms with Crippen molar-refractivity contribution in [3.8, 4) is 0 Å². The van der Waals surface area contributed by atoms with Gasteiger partial charge in [-0.1, -0.05) is 0 Å². The normalized spacial score (nSPS) is 25.7. The number of fused-ring (bicyclic) bond motifs is 1. The van der Waals surface area contributed by atoms with Crippen molar-refractivity contribution < 1.29 is 37.6 Å². The molecule has 0 aliphatic carbocycles. The fourth-order valence-corrected chi connectivity index (χ4v) is 6.09. The predicted octanol–water partition coefficient (Wildman–Crippen LogP) is -1.25. The van der Waals surface area contributed by atoms with Gasteiger partial charge in [0.1, 0.15) is 0 Å². The number of nitrogens with zero attached hydrogens (tertiary/aromatic N) is 3. The predicted molar refractivity (Wildman–Crippen MR) is 89.5 cm³/mol. The maximum absolute atomic E-state index is 11.8. The van der Waals surface area contributed by atoms with E-state index in [1.165, 1.54) is 10.9 Å². The molecule has 14 nitrogen and oxygen atoms in total. The van der Waals surface area contributed by atoms with Crippen molar-refractivity contribution in [3.63, 3.8) is 0 Å². The Balaban J connectivity index is 1.73. The summed E-state index contributed by atoms with van der Waals surface area (Å²) in [6.07, 6.45) is -5.69. The van der Waals surface area contributed by atoms with E-state index in [2.05, 4.69) is 19.3 Å². The molecule has 6 N–H and O–H groups in total. The summed E-state index contributed by atoms with van der Waals surface area (Å²) in [6.45, 7) is -0.481. The molecule has 0 spiro atoms. The average molecular weight is 489 g/mol. The first-order valence-electron chi connectivity index (χ1n) is 7.23. The van der Waals surface area contributed by atoms with Crippen molar-refractivity contribution in [1.29, 1.82) is 0 Å². The molecule has 0 bridgehead atoms. The van der Waals surface area contributed by atoms with Gasteiger partial charge >= 0.3 is 158 Å². The first-order chi connectivity index (χ1) is 12.5. The Morgan fingerprint density at radius 1 is 1.48 bits per heavy atom. The molecule has 3 heterocycles. The van der Waals surface area contributed by atoms with Crippen LogP contribution in [0, 0.1) is 0 Å². The van der Waals surface area contributed by atoms with Crippen LogP contribution in [0.4, 0.5) is 5.95 Å². The summed E-state index contributed by atoms with van der Waals surface area (Å²) in [5.41, 5.74) is 5.17. The van der Waals surface area contributed by atoms with E-state index >= 15 is 0 Å². The van der Waals surface area contributed by atoms with Crippen LogP contribution in [0.25, 0.3) is 11.2 Å². The van der Waals surface area contributed by atoms with E-state index in [0.29, 0.717) is 0 Å². The third-order valence-corrected chi connectivity index (χ3v) is 7.61. The summed E-state index contributed by atoms with van der Waals surface area (Å²) in [7, 11) is -5.04. The molecule has 27 heavy (non-hydrogen) atoms. The van der Waals surface area contributed by atoms with Gasteiger partial charge < -0.3 is 0 Å². The Hall–Kier alpha value is -1.11. The Morgan fingerprint density at radius 2 is 2.19 bits per heavy atom. The second-order valence-corrected chi connectivity index (χ2v) is 11.1. The Morgan fingerprint density at radius 3 is 2.85 bits per heavy atom. The Labute approximate surface area is 158 Å². The van der Waals surface area contributed by atoms with E-state index < -0.39 is 44.7 Å². The van der Waals surface area contributed by atoms with Crippen LogP contribution in [0.2, 0.25) is 0 Å². The van der Waals surface area contributed by atoms with Gasteiger partial charge in [0, 0.05) is 0 Å². The van der Waals surface area contributed by atoms with Crippen LogP contribution < -0.4 is 11.3 Å². The summed E-state index contributed by atoms with van der Waals surface area (Å²) in [5.74, 6) is -0.121. The van der Waals surface area contributed by atoms with E-state index in [9.17, 15) is 19.0 Å². The molecule has 1 aliphatic rings. The fraction of sp³-hybridized carbons (Fsp3) is 0.500. The van der Waals surface area contributed by atoms with Gasteiger partial charge in [0.15, 0.2) is 0 Å². The molecule has 0 saturated carbocycles. The number of rotatable bonds is 6. The number of ether oxygens (including phenoxy) is 1. The number of imidazole rings is 1. The SMILES string of the molecule is Nc1nc2c(ncn2[C@H]2C[C@H](O)[C@@H](CO[P@@](=O)([Se])OP(=O)(O)O)O2)c(=O)[nH]1. The number of H-pyrrole nitrogens is 1. The zero-order chi connectivity index (χ0) is 20.0. The molecule has 2 aromatic rings. The molecule has 3 rings (SSSR count). The van der Waals surface area contributed by atoms with Gasteiger partial charge in [-0.3, -0.25) is 0 Å². The summed E-state index contributed by atoms with van der Waals surface area (Å²) in [6, 6.07) is 0. The Bertz CT molecular complexity index is 1000. The molecule has 2 aromatic heterocycles. The van der Waals surface area contributed by atoms with Crippen molar-refractivity contribution in [2.75, 3.05) is 12.3 Å². The molecule has 1 aliphatic heterocycles. The molecular weight excluding hydrogens is 475 g/mol. The maximum atomic E-state index is 11.8. The Kier molecular flexibility index (Phi) is 5.63. The van der Waals surface area contributed by atoms with E-state index in [0.717, 1.165) is 0 Å². The molecular formula is C10H14N5O9P2Se. The van der Waals surface area contributed by atoms with Crippen LogP contribution >= 0.6 is 14.1 Å². The number of hydrogen-bond acceptors (Lipinski definition) is 10. The molecule has 0 aromatic carbocycles. The van der Waals surface area contributed by atoms with Gasteiger partial charge in [0.05, 0.1) is 0 Å². The van der Waals surface area contributed by atoms with Gasteiger partial charge in [-0.15, -0.1) is 0 Å². The fourth-order valence-electron chi connectivity index (χ4n) is 2.51. The number of nitrogens with two attached hydrogens (primary N) is 1. The van der Waals surface area contributed by atoms with Crippen LogP contribution in [-0.4, -0.2) is 68.8 Å². The number of aliphatic hydroxyl groups is 1. The molecule has 0 amide bonds. The number of aromatic nitrogens is 4. The molecule has 1 saturated heterocycles. The van der Waals surface area contributed by atoms with E-state index in [4.69, 9.17) is 24.8 Å². The van der Waals surface area contributed by atoms with Crippen LogP contribution in [-0.2, 0) is 22.7 Å². The quantitative estimate of drug-likeness (QED) is 0.238. The van der Waals surface area contributed by atoms with E-state index in [1.54, 1.807) is 0 Å². The van der Waals surface area contributed by atoms with Gasteiger partial charge in [-0.05, 0) is 0 Å². The van der Waals surface area contributed by atoms with E-state index in [1.807, 2.05) is 15.6 Å². The number of anilines is 1. The second kappa shape index (κ2) is 7.37. The first kappa shape index (κ1) is 20.6. The van der Waals surface area contributed by atoms with Crippen molar-refractivity contribution in [2.24, 2.45) is 0 Å². The molecule has 1 radical (unpaired) electrons. The number of hydrogen-bond donors (Lipinski definition) is 5.